The quantitative estimate of drug-likeness (QED) is 0.0320. The van der Waals surface area contributed by atoms with E-state index in [1.165, 1.54) is 270 Å². The van der Waals surface area contributed by atoms with Gasteiger partial charge in [-0.05, 0) is 51.4 Å². The molecular weight excluding hydrogens is 875 g/mol. The largest absolute Gasteiger partial charge is 0.466 e. The first-order valence-corrected chi connectivity index (χ1v) is 32.1. The highest BCUT2D eigenvalue weighted by molar-refractivity contribution is 5.76. The number of aliphatic hydroxyl groups excluding tert-OH is 2. The molecule has 3 N–H and O–H groups in total. The number of carbonyl (C=O) groups is 2. The van der Waals surface area contributed by atoms with E-state index in [1.54, 1.807) is 0 Å². The SMILES string of the molecule is CCCC/C=C\C/C=C\CCCCCCCC(=O)OCCCCCCCCCCCCCCCCCCCCCCCCCCCC(=O)NC(CO)C(O)CCCCCCCCCCCCCCCCC. The van der Waals surface area contributed by atoms with Crippen molar-refractivity contribution in [1.82, 2.24) is 5.32 Å². The number of carbonyl (C=O) groups excluding carboxylic acids is 2. The van der Waals surface area contributed by atoms with Gasteiger partial charge in [0.05, 0.1) is 25.4 Å². The van der Waals surface area contributed by atoms with Gasteiger partial charge in [-0.15, -0.1) is 0 Å². The van der Waals surface area contributed by atoms with Crippen molar-refractivity contribution in [1.29, 1.82) is 0 Å². The lowest BCUT2D eigenvalue weighted by Gasteiger charge is -2.22. The second-order valence-corrected chi connectivity index (χ2v) is 22.1. The number of allylic oxidation sites excluding steroid dienone is 4. The van der Waals surface area contributed by atoms with Crippen molar-refractivity contribution >= 4 is 11.9 Å². The maximum atomic E-state index is 12.5. The molecule has 0 saturated carbocycles. The number of unbranched alkanes of at least 4 members (excludes halogenated alkanes) is 45. The maximum Gasteiger partial charge on any atom is 0.305 e. The van der Waals surface area contributed by atoms with E-state index in [4.69, 9.17) is 4.74 Å². The van der Waals surface area contributed by atoms with E-state index >= 15 is 0 Å². The molecule has 0 fully saturated rings. The van der Waals surface area contributed by atoms with Gasteiger partial charge in [0.2, 0.25) is 5.91 Å². The van der Waals surface area contributed by atoms with Gasteiger partial charge in [-0.1, -0.05) is 314 Å². The molecule has 0 spiro atoms. The first kappa shape index (κ1) is 69.3. The fraction of sp³-hybridized carbons (Fsp3) is 0.908. The van der Waals surface area contributed by atoms with Crippen LogP contribution in [0.4, 0.5) is 0 Å². The molecule has 0 aromatic rings. The molecule has 71 heavy (non-hydrogen) atoms. The van der Waals surface area contributed by atoms with Gasteiger partial charge in [-0.3, -0.25) is 9.59 Å². The van der Waals surface area contributed by atoms with E-state index in [2.05, 4.69) is 43.5 Å². The number of hydrogen-bond donors (Lipinski definition) is 3. The molecule has 0 aromatic carbocycles. The molecule has 6 heteroatoms. The Morgan fingerprint density at radius 3 is 1.11 bits per heavy atom. The van der Waals surface area contributed by atoms with Gasteiger partial charge in [-0.2, -0.15) is 0 Å². The van der Waals surface area contributed by atoms with Crippen LogP contribution in [0.5, 0.6) is 0 Å². The summed E-state index contributed by atoms with van der Waals surface area (Å²) in [5.74, 6) is -0.0289. The predicted octanol–water partition coefficient (Wildman–Crippen LogP) is 20.2. The lowest BCUT2D eigenvalue weighted by molar-refractivity contribution is -0.143. The summed E-state index contributed by atoms with van der Waals surface area (Å²) in [4.78, 5) is 24.5. The maximum absolute atomic E-state index is 12.5. The van der Waals surface area contributed by atoms with Crippen molar-refractivity contribution in [3.8, 4) is 0 Å². The fourth-order valence-electron chi connectivity index (χ4n) is 10.1. The second-order valence-electron chi connectivity index (χ2n) is 22.1. The number of amides is 1. The molecular formula is C65H125NO5. The number of hydrogen-bond acceptors (Lipinski definition) is 5. The molecule has 0 aliphatic heterocycles. The van der Waals surface area contributed by atoms with Crippen molar-refractivity contribution in [3.05, 3.63) is 24.3 Å². The highest BCUT2D eigenvalue weighted by Crippen LogP contribution is 2.18. The van der Waals surface area contributed by atoms with Gasteiger partial charge in [0.15, 0.2) is 0 Å². The Balaban J connectivity index is 3.36. The van der Waals surface area contributed by atoms with E-state index in [0.717, 1.165) is 51.4 Å². The normalized spacial score (nSPS) is 12.7. The third-order valence-corrected chi connectivity index (χ3v) is 15.0. The van der Waals surface area contributed by atoms with Crippen LogP contribution in [0.15, 0.2) is 24.3 Å². The molecule has 2 unspecified atom stereocenters. The summed E-state index contributed by atoms with van der Waals surface area (Å²) in [6, 6.07) is -0.540. The zero-order valence-electron chi connectivity index (χ0n) is 48.0. The summed E-state index contributed by atoms with van der Waals surface area (Å²) in [6.45, 7) is 4.93. The van der Waals surface area contributed by atoms with E-state index in [9.17, 15) is 19.8 Å². The Morgan fingerprint density at radius 2 is 0.718 bits per heavy atom. The van der Waals surface area contributed by atoms with Crippen LogP contribution in [0.25, 0.3) is 0 Å². The smallest absolute Gasteiger partial charge is 0.305 e. The summed E-state index contributed by atoms with van der Waals surface area (Å²) in [5, 5.41) is 23.3. The van der Waals surface area contributed by atoms with Crippen LogP contribution in [-0.2, 0) is 14.3 Å². The first-order chi connectivity index (χ1) is 35.0. The Labute approximate surface area is 443 Å². The minimum absolute atomic E-state index is 0.00215. The van der Waals surface area contributed by atoms with Gasteiger partial charge < -0.3 is 20.3 Å². The van der Waals surface area contributed by atoms with Gasteiger partial charge in [-0.25, -0.2) is 0 Å². The van der Waals surface area contributed by atoms with E-state index in [0.29, 0.717) is 25.9 Å². The summed E-state index contributed by atoms with van der Waals surface area (Å²) in [5.41, 5.74) is 0. The predicted molar refractivity (Wildman–Crippen MR) is 310 cm³/mol. The zero-order valence-corrected chi connectivity index (χ0v) is 48.0. The van der Waals surface area contributed by atoms with Gasteiger partial charge in [0.25, 0.3) is 0 Å². The van der Waals surface area contributed by atoms with Crippen molar-refractivity contribution in [2.45, 2.75) is 366 Å². The summed E-state index contributed by atoms with van der Waals surface area (Å²) in [6.07, 6.45) is 74.8. The summed E-state index contributed by atoms with van der Waals surface area (Å²) < 4.78 is 5.48. The average Bonchev–Trinajstić information content (AvgIpc) is 3.37. The van der Waals surface area contributed by atoms with E-state index in [1.807, 2.05) is 0 Å². The first-order valence-electron chi connectivity index (χ1n) is 32.1. The highest BCUT2D eigenvalue weighted by atomic mass is 16.5. The molecule has 0 aliphatic carbocycles. The number of rotatable bonds is 60. The topological polar surface area (TPSA) is 95.9 Å². The molecule has 0 saturated heterocycles. The molecule has 0 aliphatic rings. The Hall–Kier alpha value is -1.66. The average molecular weight is 1000 g/mol. The lowest BCUT2D eigenvalue weighted by atomic mass is 10.0. The van der Waals surface area contributed by atoms with Crippen LogP contribution in [-0.4, -0.2) is 47.4 Å². The molecule has 6 nitrogen and oxygen atoms in total. The van der Waals surface area contributed by atoms with Crippen molar-refractivity contribution in [2.24, 2.45) is 0 Å². The number of ether oxygens (including phenoxy) is 1. The minimum atomic E-state index is -0.662. The standard InChI is InChI=1S/C65H125NO5/c1-3-5-7-9-11-13-15-17-30-33-37-41-45-49-53-57-63(68)62(61-67)66-64(69)58-54-50-46-42-38-34-31-28-26-24-22-20-19-21-23-25-27-29-32-36-40-44-48-52-56-60-71-65(70)59-55-51-47-43-39-35-18-16-14-12-10-8-6-4-2/h10,12,16,18,62-63,67-68H,3-9,11,13-15,17,19-61H2,1-2H3,(H,66,69)/b12-10-,18-16-. The van der Waals surface area contributed by atoms with E-state index in [-0.39, 0.29) is 18.5 Å². The number of aliphatic hydroxyl groups is 2. The number of esters is 1. The zero-order chi connectivity index (χ0) is 51.4. The molecule has 2 atom stereocenters. The van der Waals surface area contributed by atoms with Gasteiger partial charge in [0, 0.05) is 12.8 Å². The molecule has 0 bridgehead atoms. The monoisotopic (exact) mass is 1000 g/mol. The van der Waals surface area contributed by atoms with Gasteiger partial charge >= 0.3 is 5.97 Å². The molecule has 1 amide bonds. The minimum Gasteiger partial charge on any atom is -0.466 e. The molecule has 0 rings (SSSR count). The van der Waals surface area contributed by atoms with Crippen molar-refractivity contribution in [3.63, 3.8) is 0 Å². The van der Waals surface area contributed by atoms with Gasteiger partial charge in [0.1, 0.15) is 0 Å². The van der Waals surface area contributed by atoms with Crippen LogP contribution in [0, 0.1) is 0 Å². The third kappa shape index (κ3) is 57.5. The van der Waals surface area contributed by atoms with Crippen LogP contribution < -0.4 is 5.32 Å². The Morgan fingerprint density at radius 1 is 0.394 bits per heavy atom. The summed E-state index contributed by atoms with van der Waals surface area (Å²) >= 11 is 0. The van der Waals surface area contributed by atoms with Crippen molar-refractivity contribution in [2.75, 3.05) is 13.2 Å². The Kier molecular flexibility index (Phi) is 59.5. The van der Waals surface area contributed by atoms with E-state index < -0.39 is 12.1 Å². The molecule has 0 heterocycles. The second kappa shape index (κ2) is 60.9. The molecule has 0 radical (unpaired) electrons. The molecule has 0 aromatic heterocycles. The Bertz CT molecular complexity index is 1110. The summed E-state index contributed by atoms with van der Waals surface area (Å²) in [7, 11) is 0. The van der Waals surface area contributed by atoms with Crippen molar-refractivity contribution < 1.29 is 24.5 Å². The highest BCUT2D eigenvalue weighted by Gasteiger charge is 2.20. The molecule has 420 valence electrons. The van der Waals surface area contributed by atoms with Crippen LogP contribution in [0.1, 0.15) is 354 Å². The van der Waals surface area contributed by atoms with Crippen LogP contribution in [0.3, 0.4) is 0 Å². The fourth-order valence-corrected chi connectivity index (χ4v) is 10.1. The van der Waals surface area contributed by atoms with Crippen LogP contribution >= 0.6 is 0 Å². The van der Waals surface area contributed by atoms with Crippen LogP contribution in [0.2, 0.25) is 0 Å². The number of nitrogens with one attached hydrogen (secondary N) is 1. The lowest BCUT2D eigenvalue weighted by Crippen LogP contribution is -2.45. The third-order valence-electron chi connectivity index (χ3n) is 15.0.